The summed E-state index contributed by atoms with van der Waals surface area (Å²) < 4.78 is 14.8. The van der Waals surface area contributed by atoms with E-state index in [1.54, 1.807) is 26.0 Å². The Bertz CT molecular complexity index is 531. The van der Waals surface area contributed by atoms with Gasteiger partial charge in [-0.25, -0.2) is 9.59 Å². The smallest absolute Gasteiger partial charge is 0.335 e. The van der Waals surface area contributed by atoms with Crippen LogP contribution in [0.5, 0.6) is 0 Å². The lowest BCUT2D eigenvalue weighted by molar-refractivity contribution is -0.159. The topological polar surface area (TPSA) is 90.9 Å². The third-order valence-electron chi connectivity index (χ3n) is 2.96. The molecule has 132 valence electrons. The molecule has 0 aliphatic heterocycles. The first kappa shape index (κ1) is 19.6. The van der Waals surface area contributed by atoms with Crippen molar-refractivity contribution in [2.45, 2.75) is 32.9 Å². The minimum atomic E-state index is -1.27. The zero-order valence-corrected chi connectivity index (χ0v) is 13.9. The second-order valence-electron chi connectivity index (χ2n) is 4.79. The highest BCUT2D eigenvalue weighted by Crippen LogP contribution is 2.03. The van der Waals surface area contributed by atoms with Crippen LogP contribution in [0.25, 0.3) is 0 Å². The number of benzene rings is 1. The Kier molecular flexibility index (Phi) is 9.14. The molecule has 0 radical (unpaired) electrons. The Hall–Kier alpha value is -2.41. The van der Waals surface area contributed by atoms with E-state index < -0.39 is 23.9 Å². The van der Waals surface area contributed by atoms with Crippen molar-refractivity contribution in [1.29, 1.82) is 0 Å². The maximum Gasteiger partial charge on any atom is 0.335 e. The monoisotopic (exact) mass is 337 g/mol. The number of hydrogen-bond acceptors (Lipinski definition) is 7. The Morgan fingerprint density at radius 2 is 1.58 bits per heavy atom. The van der Waals surface area contributed by atoms with Crippen LogP contribution >= 0.6 is 0 Å². The SMILES string of the molecule is CCOC(=O)CCNC(C(=O)OCC)C(=O)OCc1ccccc1. The maximum absolute atomic E-state index is 12.1. The second kappa shape index (κ2) is 11.2. The lowest BCUT2D eigenvalue weighted by Gasteiger charge is -2.16. The van der Waals surface area contributed by atoms with Crippen LogP contribution in [-0.2, 0) is 35.2 Å². The molecule has 0 amide bonds. The largest absolute Gasteiger partial charge is 0.466 e. The molecule has 0 spiro atoms. The average Bonchev–Trinajstić information content (AvgIpc) is 2.58. The van der Waals surface area contributed by atoms with Crippen molar-refractivity contribution >= 4 is 17.9 Å². The van der Waals surface area contributed by atoms with E-state index in [-0.39, 0.29) is 32.8 Å². The van der Waals surface area contributed by atoms with Gasteiger partial charge in [0.25, 0.3) is 0 Å². The molecule has 0 heterocycles. The summed E-state index contributed by atoms with van der Waals surface area (Å²) >= 11 is 0. The molecule has 7 nitrogen and oxygen atoms in total. The van der Waals surface area contributed by atoms with E-state index in [0.717, 1.165) is 5.56 Å². The first-order valence-electron chi connectivity index (χ1n) is 7.84. The summed E-state index contributed by atoms with van der Waals surface area (Å²) in [4.78, 5) is 35.3. The maximum atomic E-state index is 12.1. The fraction of sp³-hybridized carbons (Fsp3) is 0.471. The van der Waals surface area contributed by atoms with Gasteiger partial charge in [0.05, 0.1) is 19.6 Å². The molecular weight excluding hydrogens is 314 g/mol. The van der Waals surface area contributed by atoms with Gasteiger partial charge in [-0.05, 0) is 19.4 Å². The van der Waals surface area contributed by atoms with Crippen LogP contribution in [0.15, 0.2) is 30.3 Å². The summed E-state index contributed by atoms with van der Waals surface area (Å²) in [6.07, 6.45) is 0.0374. The van der Waals surface area contributed by atoms with Crippen LogP contribution in [0, 0.1) is 0 Å². The molecule has 1 unspecified atom stereocenters. The fourth-order valence-corrected chi connectivity index (χ4v) is 1.85. The number of nitrogens with one attached hydrogen (secondary N) is 1. The van der Waals surface area contributed by atoms with Gasteiger partial charge >= 0.3 is 17.9 Å². The quantitative estimate of drug-likeness (QED) is 0.390. The van der Waals surface area contributed by atoms with Gasteiger partial charge in [0.15, 0.2) is 0 Å². The van der Waals surface area contributed by atoms with Gasteiger partial charge in [-0.3, -0.25) is 10.1 Å². The first-order valence-corrected chi connectivity index (χ1v) is 7.84. The Balaban J connectivity index is 2.55. The third-order valence-corrected chi connectivity index (χ3v) is 2.96. The van der Waals surface area contributed by atoms with E-state index in [1.165, 1.54) is 0 Å². The number of hydrogen-bond donors (Lipinski definition) is 1. The Morgan fingerprint density at radius 1 is 0.958 bits per heavy atom. The van der Waals surface area contributed by atoms with Gasteiger partial charge in [0.1, 0.15) is 6.61 Å². The molecule has 0 aliphatic carbocycles. The third kappa shape index (κ3) is 7.23. The normalized spacial score (nSPS) is 11.4. The number of rotatable bonds is 10. The summed E-state index contributed by atoms with van der Waals surface area (Å²) in [5.41, 5.74) is 0.806. The molecule has 1 atom stereocenters. The van der Waals surface area contributed by atoms with Crippen molar-refractivity contribution in [3.63, 3.8) is 0 Å². The molecule has 24 heavy (non-hydrogen) atoms. The summed E-state index contributed by atoms with van der Waals surface area (Å²) in [5.74, 6) is -1.90. The Labute approximate surface area is 141 Å². The van der Waals surface area contributed by atoms with Gasteiger partial charge in [-0.15, -0.1) is 0 Å². The van der Waals surface area contributed by atoms with E-state index in [0.29, 0.717) is 0 Å². The van der Waals surface area contributed by atoms with E-state index >= 15 is 0 Å². The number of ether oxygens (including phenoxy) is 3. The van der Waals surface area contributed by atoms with Crippen LogP contribution in [0.2, 0.25) is 0 Å². The van der Waals surface area contributed by atoms with E-state index in [4.69, 9.17) is 14.2 Å². The molecule has 0 saturated carbocycles. The summed E-state index contributed by atoms with van der Waals surface area (Å²) in [6, 6.07) is 7.83. The average molecular weight is 337 g/mol. The highest BCUT2D eigenvalue weighted by Gasteiger charge is 2.29. The highest BCUT2D eigenvalue weighted by atomic mass is 16.6. The molecule has 0 fully saturated rings. The molecule has 0 saturated heterocycles. The van der Waals surface area contributed by atoms with Gasteiger partial charge < -0.3 is 14.2 Å². The van der Waals surface area contributed by atoms with Gasteiger partial charge in [0.2, 0.25) is 6.04 Å². The Morgan fingerprint density at radius 3 is 2.21 bits per heavy atom. The summed E-state index contributed by atoms with van der Waals surface area (Å²) in [5, 5.41) is 2.68. The minimum absolute atomic E-state index is 0.0374. The van der Waals surface area contributed by atoms with Gasteiger partial charge in [0, 0.05) is 6.54 Å². The lowest BCUT2D eigenvalue weighted by Crippen LogP contribution is -2.46. The molecule has 1 aromatic carbocycles. The van der Waals surface area contributed by atoms with Crippen LogP contribution < -0.4 is 5.32 Å². The number of esters is 3. The van der Waals surface area contributed by atoms with Crippen molar-refractivity contribution in [2.75, 3.05) is 19.8 Å². The van der Waals surface area contributed by atoms with Crippen LogP contribution in [0.3, 0.4) is 0 Å². The fourth-order valence-electron chi connectivity index (χ4n) is 1.85. The zero-order chi connectivity index (χ0) is 17.8. The zero-order valence-electron chi connectivity index (χ0n) is 13.9. The van der Waals surface area contributed by atoms with Gasteiger partial charge in [-0.2, -0.15) is 0 Å². The minimum Gasteiger partial charge on any atom is -0.466 e. The number of carbonyl (C=O) groups excluding carboxylic acids is 3. The second-order valence-corrected chi connectivity index (χ2v) is 4.79. The van der Waals surface area contributed by atoms with Crippen molar-refractivity contribution in [3.8, 4) is 0 Å². The molecule has 0 aliphatic rings. The van der Waals surface area contributed by atoms with Gasteiger partial charge in [-0.1, -0.05) is 30.3 Å². The van der Waals surface area contributed by atoms with Crippen molar-refractivity contribution < 1.29 is 28.6 Å². The van der Waals surface area contributed by atoms with Crippen molar-refractivity contribution in [2.24, 2.45) is 0 Å². The predicted octanol–water partition coefficient (Wildman–Crippen LogP) is 1.20. The number of carbonyl (C=O) groups is 3. The summed E-state index contributed by atoms with van der Waals surface area (Å²) in [7, 11) is 0. The standard InChI is InChI=1S/C17H23NO6/c1-3-22-14(19)10-11-18-15(16(20)23-4-2)17(21)24-12-13-8-6-5-7-9-13/h5-9,15,18H,3-4,10-12H2,1-2H3. The van der Waals surface area contributed by atoms with Crippen molar-refractivity contribution in [3.05, 3.63) is 35.9 Å². The molecule has 0 bridgehead atoms. The molecular formula is C17H23NO6. The first-order chi connectivity index (χ1) is 11.6. The molecule has 0 aromatic heterocycles. The van der Waals surface area contributed by atoms with E-state index in [9.17, 15) is 14.4 Å². The van der Waals surface area contributed by atoms with E-state index in [1.807, 2.05) is 18.2 Å². The molecule has 1 rings (SSSR count). The van der Waals surface area contributed by atoms with Crippen LogP contribution in [0.4, 0.5) is 0 Å². The van der Waals surface area contributed by atoms with Crippen LogP contribution in [0.1, 0.15) is 25.8 Å². The molecule has 1 N–H and O–H groups in total. The molecule has 1 aromatic rings. The van der Waals surface area contributed by atoms with Crippen LogP contribution in [-0.4, -0.2) is 43.7 Å². The summed E-state index contributed by atoms with van der Waals surface area (Å²) in [6.45, 7) is 3.91. The molecule has 7 heteroatoms. The highest BCUT2D eigenvalue weighted by molar-refractivity contribution is 5.99. The predicted molar refractivity (Wildman–Crippen MR) is 85.9 cm³/mol. The lowest BCUT2D eigenvalue weighted by atomic mass is 10.2. The van der Waals surface area contributed by atoms with E-state index in [2.05, 4.69) is 5.32 Å². The van der Waals surface area contributed by atoms with Crippen molar-refractivity contribution in [1.82, 2.24) is 5.32 Å².